The molecular weight excluding hydrogens is 336 g/mol. The number of benzene rings is 1. The Hall–Kier alpha value is -1.49. The first-order valence-electron chi connectivity index (χ1n) is 7.00. The molecule has 0 aliphatic heterocycles. The summed E-state index contributed by atoms with van der Waals surface area (Å²) in [4.78, 5) is 11.9. The van der Waals surface area contributed by atoms with Crippen molar-refractivity contribution in [3.8, 4) is 5.75 Å². The minimum atomic E-state index is -0.828. The number of aliphatic carboxylic acids is 1. The Morgan fingerprint density at radius 1 is 1.38 bits per heavy atom. The topological polar surface area (TPSA) is 59.7 Å². The maximum atomic E-state index is 11.9. The maximum absolute atomic E-state index is 11.9. The maximum Gasteiger partial charge on any atom is 0.314 e. The summed E-state index contributed by atoms with van der Waals surface area (Å²) in [5, 5.41) is 10.7. The molecule has 1 aliphatic carbocycles. The Bertz CT molecular complexity index is 711. The number of hydrogen-bond acceptors (Lipinski definition) is 3. The predicted octanol–water partition coefficient (Wildman–Crippen LogP) is 4.41. The van der Waals surface area contributed by atoms with Gasteiger partial charge in [0.1, 0.15) is 5.76 Å². The summed E-state index contributed by atoms with van der Waals surface area (Å²) >= 11 is 3.59. The van der Waals surface area contributed by atoms with Gasteiger partial charge in [-0.15, -0.1) is 0 Å². The van der Waals surface area contributed by atoms with Crippen LogP contribution in [0.25, 0.3) is 11.0 Å². The van der Waals surface area contributed by atoms with Crippen LogP contribution >= 0.6 is 15.9 Å². The first-order chi connectivity index (χ1) is 9.99. The van der Waals surface area contributed by atoms with Crippen molar-refractivity contribution >= 4 is 32.9 Å². The van der Waals surface area contributed by atoms with Crippen LogP contribution in [0.15, 0.2) is 21.0 Å². The lowest BCUT2D eigenvalue weighted by Gasteiger charge is -2.26. The van der Waals surface area contributed by atoms with E-state index in [1.807, 2.05) is 19.1 Å². The number of fused-ring (bicyclic) bond motifs is 1. The van der Waals surface area contributed by atoms with E-state index in [2.05, 4.69) is 15.9 Å². The lowest BCUT2D eigenvalue weighted by atomic mass is 9.78. The Balaban J connectivity index is 2.32. The number of carboxylic acid groups (broad SMARTS) is 1. The van der Waals surface area contributed by atoms with Gasteiger partial charge in [-0.1, -0.05) is 12.8 Å². The highest BCUT2D eigenvalue weighted by Crippen LogP contribution is 2.48. The summed E-state index contributed by atoms with van der Waals surface area (Å²) in [6, 6.07) is 3.73. The number of methoxy groups -OCH3 is 1. The second-order valence-corrected chi connectivity index (χ2v) is 6.43. The molecule has 1 aromatic carbocycles. The second kappa shape index (κ2) is 5.05. The third-order valence-corrected chi connectivity index (χ3v) is 5.28. The van der Waals surface area contributed by atoms with Gasteiger partial charge < -0.3 is 14.3 Å². The van der Waals surface area contributed by atoms with E-state index >= 15 is 0 Å². The predicted molar refractivity (Wildman–Crippen MR) is 83.0 cm³/mol. The number of carboxylic acids is 1. The number of aryl methyl sites for hydroxylation is 1. The molecule has 1 fully saturated rings. The van der Waals surface area contributed by atoms with Crippen molar-refractivity contribution in [1.82, 2.24) is 0 Å². The molecule has 1 heterocycles. The van der Waals surface area contributed by atoms with Crippen molar-refractivity contribution in [1.29, 1.82) is 0 Å². The largest absolute Gasteiger partial charge is 0.493 e. The highest BCUT2D eigenvalue weighted by Gasteiger charge is 2.45. The van der Waals surface area contributed by atoms with Crippen molar-refractivity contribution in [3.05, 3.63) is 27.9 Å². The molecule has 0 saturated heterocycles. The lowest BCUT2D eigenvalue weighted by molar-refractivity contribution is -0.143. The first kappa shape index (κ1) is 14.4. The average Bonchev–Trinajstić information content (AvgIpc) is 3.06. The van der Waals surface area contributed by atoms with Crippen LogP contribution in [0.3, 0.4) is 0 Å². The SMILES string of the molecule is COc1cc(C2(C(=O)O)CCCC2)c(Br)c2cc(C)oc12. The van der Waals surface area contributed by atoms with Crippen molar-refractivity contribution in [2.75, 3.05) is 7.11 Å². The summed E-state index contributed by atoms with van der Waals surface area (Å²) in [7, 11) is 1.58. The molecule has 0 spiro atoms. The van der Waals surface area contributed by atoms with Crippen molar-refractivity contribution < 1.29 is 19.1 Å². The van der Waals surface area contributed by atoms with E-state index in [-0.39, 0.29) is 0 Å². The van der Waals surface area contributed by atoms with Crippen LogP contribution in [0.4, 0.5) is 0 Å². The monoisotopic (exact) mass is 352 g/mol. The van der Waals surface area contributed by atoms with E-state index in [4.69, 9.17) is 9.15 Å². The molecule has 4 nitrogen and oxygen atoms in total. The normalized spacial score (nSPS) is 17.3. The van der Waals surface area contributed by atoms with Crippen LogP contribution < -0.4 is 4.74 Å². The molecule has 1 aromatic heterocycles. The minimum Gasteiger partial charge on any atom is -0.493 e. The average molecular weight is 353 g/mol. The fourth-order valence-corrected chi connectivity index (χ4v) is 4.13. The zero-order valence-electron chi connectivity index (χ0n) is 12.0. The molecule has 0 unspecified atom stereocenters. The van der Waals surface area contributed by atoms with Crippen LogP contribution in [0.5, 0.6) is 5.75 Å². The van der Waals surface area contributed by atoms with E-state index in [9.17, 15) is 9.90 Å². The van der Waals surface area contributed by atoms with Gasteiger partial charge >= 0.3 is 5.97 Å². The zero-order valence-corrected chi connectivity index (χ0v) is 13.6. The lowest BCUT2D eigenvalue weighted by Crippen LogP contribution is -2.33. The van der Waals surface area contributed by atoms with Crippen molar-refractivity contribution in [2.45, 2.75) is 38.0 Å². The summed E-state index contributed by atoms with van der Waals surface area (Å²) in [6.07, 6.45) is 3.19. The molecule has 1 saturated carbocycles. The number of carbonyl (C=O) groups is 1. The van der Waals surface area contributed by atoms with Crippen LogP contribution in [0.1, 0.15) is 37.0 Å². The number of halogens is 1. The molecule has 0 radical (unpaired) electrons. The Kier molecular flexibility index (Phi) is 3.48. The first-order valence-corrected chi connectivity index (χ1v) is 7.79. The van der Waals surface area contributed by atoms with Gasteiger partial charge in [0.05, 0.1) is 12.5 Å². The van der Waals surface area contributed by atoms with Crippen molar-refractivity contribution in [2.24, 2.45) is 0 Å². The molecule has 0 atom stereocenters. The summed E-state index contributed by atoms with van der Waals surface area (Å²) in [5.41, 5.74) is 0.618. The molecule has 2 aromatic rings. The van der Waals surface area contributed by atoms with Crippen LogP contribution in [0, 0.1) is 6.92 Å². The minimum absolute atomic E-state index is 0.587. The van der Waals surface area contributed by atoms with Crippen LogP contribution in [-0.2, 0) is 10.2 Å². The number of furan rings is 1. The molecule has 21 heavy (non-hydrogen) atoms. The Labute approximate surface area is 131 Å². The third-order valence-electron chi connectivity index (χ3n) is 4.43. The third kappa shape index (κ3) is 2.06. The van der Waals surface area contributed by atoms with Gasteiger partial charge in [-0.3, -0.25) is 4.79 Å². The quantitative estimate of drug-likeness (QED) is 0.888. The van der Waals surface area contributed by atoms with Gasteiger partial charge in [0.15, 0.2) is 11.3 Å². The second-order valence-electron chi connectivity index (χ2n) is 5.63. The van der Waals surface area contributed by atoms with Crippen molar-refractivity contribution in [3.63, 3.8) is 0 Å². The van der Waals surface area contributed by atoms with Gasteiger partial charge in [0.2, 0.25) is 0 Å². The summed E-state index contributed by atoms with van der Waals surface area (Å²) < 4.78 is 11.9. The smallest absolute Gasteiger partial charge is 0.314 e. The van der Waals surface area contributed by atoms with E-state index in [1.165, 1.54) is 0 Å². The highest BCUT2D eigenvalue weighted by molar-refractivity contribution is 9.10. The van der Waals surface area contributed by atoms with E-state index in [1.54, 1.807) is 7.11 Å². The molecule has 3 rings (SSSR count). The number of hydrogen-bond donors (Lipinski definition) is 1. The molecule has 5 heteroatoms. The Morgan fingerprint density at radius 2 is 2.05 bits per heavy atom. The number of rotatable bonds is 3. The van der Waals surface area contributed by atoms with E-state index < -0.39 is 11.4 Å². The van der Waals surface area contributed by atoms with Gasteiger partial charge in [-0.05, 0) is 53.4 Å². The molecule has 112 valence electrons. The molecule has 0 amide bonds. The fraction of sp³-hybridized carbons (Fsp3) is 0.438. The fourth-order valence-electron chi connectivity index (χ4n) is 3.34. The Morgan fingerprint density at radius 3 is 2.62 bits per heavy atom. The zero-order chi connectivity index (χ0) is 15.2. The van der Waals surface area contributed by atoms with Gasteiger partial charge in [-0.25, -0.2) is 0 Å². The van der Waals surface area contributed by atoms with Gasteiger partial charge in [0, 0.05) is 9.86 Å². The summed E-state index contributed by atoms with van der Waals surface area (Å²) in [6.45, 7) is 1.87. The molecule has 1 N–H and O–H groups in total. The van der Waals surface area contributed by atoms with Crippen LogP contribution in [-0.4, -0.2) is 18.2 Å². The van der Waals surface area contributed by atoms with Gasteiger partial charge in [-0.2, -0.15) is 0 Å². The van der Waals surface area contributed by atoms with E-state index in [0.717, 1.165) is 34.0 Å². The highest BCUT2D eigenvalue weighted by atomic mass is 79.9. The molecule has 1 aliphatic rings. The standard InChI is InChI=1S/C16H17BrO4/c1-9-7-10-13(17)11(8-12(20-2)14(10)21-9)16(15(18)19)5-3-4-6-16/h7-8H,3-6H2,1-2H3,(H,18,19). The summed E-state index contributed by atoms with van der Waals surface area (Å²) in [5.74, 6) is 0.600. The van der Waals surface area contributed by atoms with E-state index in [0.29, 0.717) is 24.2 Å². The molecule has 0 bridgehead atoms. The van der Waals surface area contributed by atoms with Gasteiger partial charge in [0.25, 0.3) is 0 Å². The number of ether oxygens (including phenoxy) is 1. The molecular formula is C16H17BrO4. The van der Waals surface area contributed by atoms with Crippen LogP contribution in [0.2, 0.25) is 0 Å².